The summed E-state index contributed by atoms with van der Waals surface area (Å²) < 4.78 is 23.3. The molecule has 0 saturated carbocycles. The maximum Gasteiger partial charge on any atom is 0.211 e. The van der Waals surface area contributed by atoms with Crippen LogP contribution in [0.3, 0.4) is 0 Å². The van der Waals surface area contributed by atoms with E-state index in [0.29, 0.717) is 12.7 Å². The van der Waals surface area contributed by atoms with Crippen molar-refractivity contribution in [2.24, 2.45) is 5.73 Å². The summed E-state index contributed by atoms with van der Waals surface area (Å²) >= 11 is 0. The van der Waals surface area contributed by atoms with E-state index in [9.17, 15) is 13.2 Å². The van der Waals surface area contributed by atoms with Crippen molar-refractivity contribution in [3.05, 3.63) is 0 Å². The van der Waals surface area contributed by atoms with Crippen LogP contribution in [-0.4, -0.2) is 43.9 Å². The van der Waals surface area contributed by atoms with E-state index in [0.717, 1.165) is 10.6 Å². The van der Waals surface area contributed by atoms with E-state index in [4.69, 9.17) is 5.73 Å². The molecule has 0 spiro atoms. The fraction of sp³-hybridized carbons (Fsp3) is 0.833. The van der Waals surface area contributed by atoms with Crippen molar-refractivity contribution >= 4 is 16.3 Å². The van der Waals surface area contributed by atoms with E-state index in [1.807, 2.05) is 0 Å². The van der Waals surface area contributed by atoms with Crippen molar-refractivity contribution in [1.29, 1.82) is 0 Å². The fourth-order valence-electron chi connectivity index (χ4n) is 1.37. The van der Waals surface area contributed by atoms with Gasteiger partial charge in [0.05, 0.1) is 12.3 Å². The summed E-state index contributed by atoms with van der Waals surface area (Å²) in [5.41, 5.74) is 5.52. The van der Waals surface area contributed by atoms with E-state index < -0.39 is 16.1 Å². The fourth-order valence-corrected chi connectivity index (χ4v) is 2.46. The average molecular weight is 192 g/mol. The summed E-state index contributed by atoms with van der Waals surface area (Å²) in [5.74, 6) is 0. The number of carbonyl (C=O) groups is 1. The highest BCUT2D eigenvalue weighted by Gasteiger charge is 2.35. The molecule has 0 bridgehead atoms. The van der Waals surface area contributed by atoms with Crippen LogP contribution in [0.2, 0.25) is 0 Å². The number of carbonyl (C=O) groups excluding carboxylic acids is 1. The Morgan fingerprint density at radius 2 is 2.17 bits per heavy atom. The summed E-state index contributed by atoms with van der Waals surface area (Å²) in [7, 11) is -3.27. The molecule has 0 aromatic heterocycles. The molecule has 1 saturated heterocycles. The lowest BCUT2D eigenvalue weighted by atomic mass is 10.2. The van der Waals surface area contributed by atoms with Crippen LogP contribution in [0.1, 0.15) is 6.42 Å². The van der Waals surface area contributed by atoms with Gasteiger partial charge >= 0.3 is 0 Å². The van der Waals surface area contributed by atoms with E-state index in [1.165, 1.54) is 0 Å². The van der Waals surface area contributed by atoms with Gasteiger partial charge < -0.3 is 10.5 Å². The normalized spacial score (nSPS) is 32.2. The van der Waals surface area contributed by atoms with Crippen LogP contribution in [0.4, 0.5) is 0 Å². The van der Waals surface area contributed by atoms with E-state index in [1.54, 1.807) is 0 Å². The van der Waals surface area contributed by atoms with Crippen LogP contribution in [0.5, 0.6) is 0 Å². The second kappa shape index (κ2) is 3.12. The van der Waals surface area contributed by atoms with Gasteiger partial charge in [-0.05, 0) is 6.42 Å². The van der Waals surface area contributed by atoms with Gasteiger partial charge in [0.1, 0.15) is 6.29 Å². The largest absolute Gasteiger partial charge is 0.326 e. The zero-order valence-electron chi connectivity index (χ0n) is 6.80. The zero-order valence-corrected chi connectivity index (χ0v) is 7.62. The van der Waals surface area contributed by atoms with Gasteiger partial charge in [-0.15, -0.1) is 0 Å². The Hall–Kier alpha value is -0.460. The average Bonchev–Trinajstić information content (AvgIpc) is 2.29. The molecule has 1 rings (SSSR count). The highest BCUT2D eigenvalue weighted by Crippen LogP contribution is 2.17. The molecule has 2 unspecified atom stereocenters. The van der Waals surface area contributed by atoms with Crippen LogP contribution in [0.15, 0.2) is 0 Å². The third-order valence-corrected chi connectivity index (χ3v) is 3.18. The third kappa shape index (κ3) is 1.82. The monoisotopic (exact) mass is 192 g/mol. The quantitative estimate of drug-likeness (QED) is 0.543. The first-order chi connectivity index (χ1) is 5.45. The number of aldehydes is 1. The Kier molecular flexibility index (Phi) is 2.50. The summed E-state index contributed by atoms with van der Waals surface area (Å²) in [6.07, 6.45) is 2.14. The molecule has 70 valence electrons. The SMILES string of the molecule is CS(=O)(=O)N1CC(N)CC1C=O. The Labute approximate surface area is 71.6 Å². The van der Waals surface area contributed by atoms with E-state index >= 15 is 0 Å². The first-order valence-electron chi connectivity index (χ1n) is 3.63. The topological polar surface area (TPSA) is 80.5 Å². The first-order valence-corrected chi connectivity index (χ1v) is 5.47. The molecule has 0 radical (unpaired) electrons. The minimum absolute atomic E-state index is 0.213. The predicted octanol–water partition coefficient (Wildman–Crippen LogP) is -1.45. The molecule has 12 heavy (non-hydrogen) atoms. The van der Waals surface area contributed by atoms with Crippen LogP contribution in [0, 0.1) is 0 Å². The Balaban J connectivity index is 2.84. The second-order valence-electron chi connectivity index (χ2n) is 3.03. The number of hydrogen-bond acceptors (Lipinski definition) is 4. The van der Waals surface area contributed by atoms with Gasteiger partial charge in [0.25, 0.3) is 0 Å². The number of hydrogen-bond donors (Lipinski definition) is 1. The van der Waals surface area contributed by atoms with Crippen LogP contribution < -0.4 is 5.73 Å². The van der Waals surface area contributed by atoms with Crippen molar-refractivity contribution in [2.45, 2.75) is 18.5 Å². The molecule has 1 aliphatic rings. The summed E-state index contributed by atoms with van der Waals surface area (Å²) in [6, 6.07) is -0.773. The molecular weight excluding hydrogens is 180 g/mol. The van der Waals surface area contributed by atoms with Crippen LogP contribution in [-0.2, 0) is 14.8 Å². The molecule has 0 amide bonds. The minimum Gasteiger partial charge on any atom is -0.326 e. The highest BCUT2D eigenvalue weighted by atomic mass is 32.2. The summed E-state index contributed by atoms with van der Waals surface area (Å²) in [5, 5.41) is 0. The van der Waals surface area contributed by atoms with Crippen LogP contribution in [0.25, 0.3) is 0 Å². The molecule has 1 fully saturated rings. The Bertz CT molecular complexity index is 275. The van der Waals surface area contributed by atoms with Gasteiger partial charge in [-0.25, -0.2) is 8.42 Å². The van der Waals surface area contributed by atoms with Gasteiger partial charge in [0, 0.05) is 12.6 Å². The van der Waals surface area contributed by atoms with Crippen molar-refractivity contribution in [2.75, 3.05) is 12.8 Å². The lowest BCUT2D eigenvalue weighted by molar-refractivity contribution is -0.110. The van der Waals surface area contributed by atoms with Gasteiger partial charge in [-0.2, -0.15) is 4.31 Å². The number of sulfonamides is 1. The second-order valence-corrected chi connectivity index (χ2v) is 4.97. The maximum absolute atomic E-state index is 11.1. The van der Waals surface area contributed by atoms with Gasteiger partial charge in [-0.1, -0.05) is 0 Å². The molecule has 5 nitrogen and oxygen atoms in total. The number of rotatable bonds is 2. The number of nitrogens with zero attached hydrogens (tertiary/aromatic N) is 1. The Morgan fingerprint density at radius 1 is 1.58 bits per heavy atom. The van der Waals surface area contributed by atoms with Crippen LogP contribution >= 0.6 is 0 Å². The summed E-state index contributed by atoms with van der Waals surface area (Å²) in [6.45, 7) is 0.252. The summed E-state index contributed by atoms with van der Waals surface area (Å²) in [4.78, 5) is 10.4. The molecule has 2 atom stereocenters. The number of nitrogens with two attached hydrogens (primary N) is 1. The van der Waals surface area contributed by atoms with Gasteiger partial charge in [0.15, 0.2) is 0 Å². The van der Waals surface area contributed by atoms with Crippen molar-refractivity contribution in [3.8, 4) is 0 Å². The molecule has 1 heterocycles. The minimum atomic E-state index is -3.27. The maximum atomic E-state index is 11.1. The predicted molar refractivity (Wildman–Crippen MR) is 44.0 cm³/mol. The third-order valence-electron chi connectivity index (χ3n) is 1.91. The molecule has 0 aliphatic carbocycles. The molecular formula is C6H12N2O3S. The standard InChI is InChI=1S/C6H12N2O3S/c1-12(10,11)8-3-5(7)2-6(8)4-9/h4-6H,2-3,7H2,1H3. The first kappa shape index (κ1) is 9.63. The zero-order chi connectivity index (χ0) is 9.35. The molecule has 6 heteroatoms. The van der Waals surface area contributed by atoms with Gasteiger partial charge in [0.2, 0.25) is 10.0 Å². The lowest BCUT2D eigenvalue weighted by Gasteiger charge is -2.16. The smallest absolute Gasteiger partial charge is 0.211 e. The van der Waals surface area contributed by atoms with Gasteiger partial charge in [-0.3, -0.25) is 0 Å². The molecule has 0 aromatic rings. The van der Waals surface area contributed by atoms with Crippen molar-refractivity contribution < 1.29 is 13.2 Å². The molecule has 0 aromatic carbocycles. The Morgan fingerprint density at radius 3 is 2.50 bits per heavy atom. The molecule has 2 N–H and O–H groups in total. The van der Waals surface area contributed by atoms with Crippen molar-refractivity contribution in [3.63, 3.8) is 0 Å². The molecule has 1 aliphatic heterocycles. The van der Waals surface area contributed by atoms with Crippen molar-refractivity contribution in [1.82, 2.24) is 4.31 Å². The van der Waals surface area contributed by atoms with E-state index in [-0.39, 0.29) is 12.6 Å². The van der Waals surface area contributed by atoms with E-state index in [2.05, 4.69) is 0 Å². The highest BCUT2D eigenvalue weighted by molar-refractivity contribution is 7.88. The lowest BCUT2D eigenvalue weighted by Crippen LogP contribution is -2.36.